The Hall–Kier alpha value is -4.85. The van der Waals surface area contributed by atoms with E-state index in [1.54, 1.807) is 42.5 Å². The molecular formula is C31H25NO7. The molecule has 39 heavy (non-hydrogen) atoms. The van der Waals surface area contributed by atoms with Crippen LogP contribution in [-0.2, 0) is 14.3 Å². The van der Waals surface area contributed by atoms with Gasteiger partial charge >= 0.3 is 11.9 Å². The van der Waals surface area contributed by atoms with Gasteiger partial charge in [0.1, 0.15) is 5.75 Å². The van der Waals surface area contributed by atoms with Gasteiger partial charge in [0.2, 0.25) is 11.8 Å². The molecule has 2 unspecified atom stereocenters. The first-order chi connectivity index (χ1) is 18.8. The van der Waals surface area contributed by atoms with Gasteiger partial charge in [0.15, 0.2) is 12.4 Å². The van der Waals surface area contributed by atoms with Gasteiger partial charge in [-0.1, -0.05) is 42.0 Å². The number of allylic oxidation sites excluding steroid dienone is 2. The lowest BCUT2D eigenvalue weighted by molar-refractivity contribution is -0.122. The van der Waals surface area contributed by atoms with E-state index in [9.17, 15) is 24.0 Å². The standard InChI is InChI=1S/C31H25NO7/c1-19-11-16-23-25(17-19)29(35)32(28(23)34)26-10-6-5-9-24(26)31(37)38-18-27(33)20-12-14-22(15-13-20)39-30(36)21-7-3-2-4-8-21/h2-15,23,25H,16-18H2,1H3. The first-order valence-corrected chi connectivity index (χ1v) is 12.5. The molecule has 8 nitrogen and oxygen atoms in total. The van der Waals surface area contributed by atoms with Crippen molar-refractivity contribution in [2.45, 2.75) is 19.8 Å². The summed E-state index contributed by atoms with van der Waals surface area (Å²) in [5, 5.41) is 0. The minimum atomic E-state index is -0.822. The third kappa shape index (κ3) is 5.27. The highest BCUT2D eigenvalue weighted by Gasteiger charge is 2.49. The third-order valence-electron chi connectivity index (χ3n) is 6.92. The average molecular weight is 524 g/mol. The number of anilines is 1. The Kier molecular flexibility index (Phi) is 7.19. The van der Waals surface area contributed by atoms with Gasteiger partial charge in [0.25, 0.3) is 0 Å². The summed E-state index contributed by atoms with van der Waals surface area (Å²) < 4.78 is 10.6. The van der Waals surface area contributed by atoms with Crippen molar-refractivity contribution in [1.82, 2.24) is 0 Å². The van der Waals surface area contributed by atoms with Crippen molar-refractivity contribution in [2.75, 3.05) is 11.5 Å². The molecule has 0 spiro atoms. The van der Waals surface area contributed by atoms with E-state index in [1.165, 1.54) is 36.4 Å². The summed E-state index contributed by atoms with van der Waals surface area (Å²) in [6.07, 6.45) is 2.97. The van der Waals surface area contributed by atoms with Crippen molar-refractivity contribution in [3.8, 4) is 5.75 Å². The molecule has 1 fully saturated rings. The van der Waals surface area contributed by atoms with Gasteiger partial charge in [-0.25, -0.2) is 14.5 Å². The molecule has 3 aromatic carbocycles. The molecule has 0 aromatic heterocycles. The molecule has 2 atom stereocenters. The van der Waals surface area contributed by atoms with Crippen LogP contribution in [0.2, 0.25) is 0 Å². The highest BCUT2D eigenvalue weighted by atomic mass is 16.5. The zero-order valence-electron chi connectivity index (χ0n) is 21.2. The maximum absolute atomic E-state index is 13.1. The predicted octanol–water partition coefficient (Wildman–Crippen LogP) is 4.79. The molecule has 2 aliphatic rings. The molecule has 5 rings (SSSR count). The lowest BCUT2D eigenvalue weighted by Crippen LogP contribution is -2.32. The van der Waals surface area contributed by atoms with Gasteiger partial charge in [-0.05, 0) is 68.3 Å². The number of ketones is 1. The number of carbonyl (C=O) groups excluding carboxylic acids is 5. The summed E-state index contributed by atoms with van der Waals surface area (Å²) in [5.41, 5.74) is 1.90. The number of amides is 2. The van der Waals surface area contributed by atoms with Gasteiger partial charge in [-0.3, -0.25) is 14.4 Å². The summed E-state index contributed by atoms with van der Waals surface area (Å²) >= 11 is 0. The molecule has 1 aliphatic heterocycles. The summed E-state index contributed by atoms with van der Waals surface area (Å²) in [4.78, 5) is 65.1. The van der Waals surface area contributed by atoms with Crippen LogP contribution in [0, 0.1) is 11.8 Å². The van der Waals surface area contributed by atoms with E-state index < -0.39 is 36.2 Å². The van der Waals surface area contributed by atoms with Gasteiger partial charge in [-0.15, -0.1) is 0 Å². The fourth-order valence-corrected chi connectivity index (χ4v) is 4.86. The number of carbonyl (C=O) groups is 5. The Labute approximate surface area is 224 Å². The largest absolute Gasteiger partial charge is 0.454 e. The van der Waals surface area contributed by atoms with Crippen LogP contribution in [0.3, 0.4) is 0 Å². The van der Waals surface area contributed by atoms with E-state index in [-0.39, 0.29) is 34.4 Å². The number of hydrogen-bond donors (Lipinski definition) is 0. The second-order valence-corrected chi connectivity index (χ2v) is 9.51. The van der Waals surface area contributed by atoms with Crippen LogP contribution >= 0.6 is 0 Å². The fraction of sp³-hybridized carbons (Fsp3) is 0.194. The molecule has 1 saturated heterocycles. The number of esters is 2. The molecule has 0 saturated carbocycles. The quantitative estimate of drug-likeness (QED) is 0.144. The van der Waals surface area contributed by atoms with Gasteiger partial charge < -0.3 is 9.47 Å². The van der Waals surface area contributed by atoms with E-state index in [4.69, 9.17) is 9.47 Å². The number of benzene rings is 3. The third-order valence-corrected chi connectivity index (χ3v) is 6.92. The minimum Gasteiger partial charge on any atom is -0.454 e. The van der Waals surface area contributed by atoms with Crippen molar-refractivity contribution in [2.24, 2.45) is 11.8 Å². The van der Waals surface area contributed by atoms with Crippen molar-refractivity contribution >= 4 is 35.2 Å². The number of Topliss-reactive ketones (excluding diaryl/α,β-unsaturated/α-hetero) is 1. The van der Waals surface area contributed by atoms with E-state index in [0.717, 1.165) is 10.5 Å². The van der Waals surface area contributed by atoms with Gasteiger partial charge in [0, 0.05) is 5.56 Å². The highest BCUT2D eigenvalue weighted by molar-refractivity contribution is 6.24. The normalized spacial score (nSPS) is 18.3. The molecular weight excluding hydrogens is 498 g/mol. The van der Waals surface area contributed by atoms with Crippen LogP contribution in [0.1, 0.15) is 50.8 Å². The zero-order valence-corrected chi connectivity index (χ0v) is 21.2. The number of rotatable bonds is 7. The molecule has 2 amide bonds. The first-order valence-electron chi connectivity index (χ1n) is 12.5. The second kappa shape index (κ2) is 10.9. The molecule has 1 heterocycles. The number of imide groups is 1. The smallest absolute Gasteiger partial charge is 0.343 e. The Morgan fingerprint density at radius 1 is 0.795 bits per heavy atom. The number of nitrogens with zero attached hydrogens (tertiary/aromatic N) is 1. The van der Waals surface area contributed by atoms with Crippen LogP contribution in [0.15, 0.2) is 90.5 Å². The van der Waals surface area contributed by atoms with Crippen LogP contribution in [0.5, 0.6) is 5.75 Å². The van der Waals surface area contributed by atoms with E-state index in [0.29, 0.717) is 18.4 Å². The summed E-state index contributed by atoms with van der Waals surface area (Å²) in [6, 6.07) is 20.6. The van der Waals surface area contributed by atoms with Crippen molar-refractivity contribution < 1.29 is 33.4 Å². The van der Waals surface area contributed by atoms with Crippen LogP contribution < -0.4 is 9.64 Å². The molecule has 1 aliphatic carbocycles. The van der Waals surface area contributed by atoms with E-state index in [1.807, 2.05) is 13.0 Å². The molecule has 8 heteroatoms. The predicted molar refractivity (Wildman–Crippen MR) is 141 cm³/mol. The lowest BCUT2D eigenvalue weighted by Gasteiger charge is -2.19. The zero-order chi connectivity index (χ0) is 27.5. The van der Waals surface area contributed by atoms with Crippen molar-refractivity contribution in [1.29, 1.82) is 0 Å². The molecule has 3 aromatic rings. The maximum atomic E-state index is 13.1. The monoisotopic (exact) mass is 523 g/mol. The van der Waals surface area contributed by atoms with E-state index in [2.05, 4.69) is 0 Å². The minimum absolute atomic E-state index is 0.0264. The lowest BCUT2D eigenvalue weighted by atomic mass is 9.82. The second-order valence-electron chi connectivity index (χ2n) is 9.51. The molecule has 0 radical (unpaired) electrons. The summed E-state index contributed by atoms with van der Waals surface area (Å²) in [5.74, 6) is -3.11. The van der Waals surface area contributed by atoms with Crippen LogP contribution in [-0.4, -0.2) is 36.1 Å². The molecule has 196 valence electrons. The Bertz CT molecular complexity index is 1490. The number of para-hydroxylation sites is 1. The number of ether oxygens (including phenoxy) is 2. The Balaban J connectivity index is 1.23. The first kappa shape index (κ1) is 25.8. The van der Waals surface area contributed by atoms with Crippen LogP contribution in [0.4, 0.5) is 5.69 Å². The Morgan fingerprint density at radius 2 is 1.46 bits per heavy atom. The highest BCUT2D eigenvalue weighted by Crippen LogP contribution is 2.40. The van der Waals surface area contributed by atoms with Crippen molar-refractivity contribution in [3.05, 3.63) is 107 Å². The van der Waals surface area contributed by atoms with Crippen molar-refractivity contribution in [3.63, 3.8) is 0 Å². The number of hydrogen-bond acceptors (Lipinski definition) is 7. The maximum Gasteiger partial charge on any atom is 0.343 e. The topological polar surface area (TPSA) is 107 Å². The molecule has 0 N–H and O–H groups in total. The SMILES string of the molecule is CC1=CCC2C(=O)N(c3ccccc3C(=O)OCC(=O)c3ccc(OC(=O)c4ccccc4)cc3)C(=O)C2C1. The summed E-state index contributed by atoms with van der Waals surface area (Å²) in [7, 11) is 0. The van der Waals surface area contributed by atoms with Gasteiger partial charge in [0.05, 0.1) is 28.7 Å². The fourth-order valence-electron chi connectivity index (χ4n) is 4.86. The average Bonchev–Trinajstić information content (AvgIpc) is 3.20. The van der Waals surface area contributed by atoms with E-state index >= 15 is 0 Å². The molecule has 0 bridgehead atoms. The van der Waals surface area contributed by atoms with Crippen LogP contribution in [0.25, 0.3) is 0 Å². The van der Waals surface area contributed by atoms with Gasteiger partial charge in [-0.2, -0.15) is 0 Å². The Morgan fingerprint density at radius 3 is 2.21 bits per heavy atom. The summed E-state index contributed by atoms with van der Waals surface area (Å²) in [6.45, 7) is 1.39. The number of fused-ring (bicyclic) bond motifs is 1.